The van der Waals surface area contributed by atoms with Crippen molar-refractivity contribution in [2.45, 2.75) is 57.4 Å². The van der Waals surface area contributed by atoms with Crippen LogP contribution in [0.1, 0.15) is 51.4 Å². The van der Waals surface area contributed by atoms with Gasteiger partial charge >= 0.3 is 6.03 Å². The third kappa shape index (κ3) is 5.12. The molecular formula is C20H28N4O. The molecule has 3 rings (SSSR count). The molecule has 0 spiro atoms. The lowest BCUT2D eigenvalue weighted by atomic mass is 9.86. The van der Waals surface area contributed by atoms with Crippen molar-refractivity contribution in [2.24, 2.45) is 5.92 Å². The molecule has 2 amide bonds. The fourth-order valence-corrected chi connectivity index (χ4v) is 3.80. The van der Waals surface area contributed by atoms with Gasteiger partial charge in [-0.3, -0.25) is 0 Å². The Kier molecular flexibility index (Phi) is 6.16. The van der Waals surface area contributed by atoms with Gasteiger partial charge in [0.2, 0.25) is 0 Å². The van der Waals surface area contributed by atoms with Crippen LogP contribution in [0.25, 0.3) is 0 Å². The normalized spacial score (nSPS) is 24.0. The number of amides is 2. The molecule has 1 heterocycles. The number of rotatable bonds is 3. The lowest BCUT2D eigenvalue weighted by molar-refractivity contribution is 0.214. The smallest absolute Gasteiger partial charge is 0.321 e. The number of carbonyl (C=O) groups is 1. The average molecular weight is 340 g/mol. The van der Waals surface area contributed by atoms with Gasteiger partial charge in [0, 0.05) is 36.4 Å². The number of hydrogen-bond donors (Lipinski definition) is 2. The van der Waals surface area contributed by atoms with E-state index in [0.717, 1.165) is 63.0 Å². The molecule has 5 nitrogen and oxygen atoms in total. The van der Waals surface area contributed by atoms with E-state index in [-0.39, 0.29) is 11.9 Å². The molecule has 1 saturated heterocycles. The summed E-state index contributed by atoms with van der Waals surface area (Å²) in [6, 6.07) is 10.7. The minimum absolute atomic E-state index is 0.00625. The Labute approximate surface area is 150 Å². The number of benzene rings is 1. The second-order valence-corrected chi connectivity index (χ2v) is 7.24. The van der Waals surface area contributed by atoms with E-state index in [9.17, 15) is 4.79 Å². The Hall–Kier alpha value is -2.22. The number of hydrogen-bond acceptors (Lipinski definition) is 3. The number of carbonyl (C=O) groups excluding carboxylic acids is 1. The molecule has 0 aromatic heterocycles. The van der Waals surface area contributed by atoms with Gasteiger partial charge in [0.1, 0.15) is 0 Å². The Morgan fingerprint density at radius 2 is 1.68 bits per heavy atom. The van der Waals surface area contributed by atoms with Gasteiger partial charge in [-0.05, 0) is 56.4 Å². The van der Waals surface area contributed by atoms with Gasteiger partial charge < -0.3 is 15.5 Å². The van der Waals surface area contributed by atoms with Crippen LogP contribution < -0.4 is 10.6 Å². The van der Waals surface area contributed by atoms with Crippen LogP contribution in [-0.2, 0) is 0 Å². The highest BCUT2D eigenvalue weighted by atomic mass is 16.2. The summed E-state index contributed by atoms with van der Waals surface area (Å²) in [5, 5.41) is 15.6. The van der Waals surface area contributed by atoms with Crippen molar-refractivity contribution in [1.82, 2.24) is 4.90 Å². The topological polar surface area (TPSA) is 68.2 Å². The third-order valence-corrected chi connectivity index (χ3v) is 5.26. The minimum atomic E-state index is 0.00625. The van der Waals surface area contributed by atoms with Gasteiger partial charge in [0.05, 0.1) is 6.07 Å². The molecular weight excluding hydrogens is 312 g/mol. The number of nitriles is 1. The Bertz CT molecular complexity index is 599. The first-order valence-corrected chi connectivity index (χ1v) is 9.57. The van der Waals surface area contributed by atoms with E-state index in [4.69, 9.17) is 5.26 Å². The number of nitrogens with one attached hydrogen (secondary N) is 2. The summed E-state index contributed by atoms with van der Waals surface area (Å²) in [7, 11) is 0. The van der Waals surface area contributed by atoms with Gasteiger partial charge in [-0.25, -0.2) is 4.79 Å². The van der Waals surface area contributed by atoms with Crippen LogP contribution in [-0.4, -0.2) is 30.1 Å². The summed E-state index contributed by atoms with van der Waals surface area (Å²) < 4.78 is 0. The lowest BCUT2D eigenvalue weighted by Gasteiger charge is -2.27. The highest BCUT2D eigenvalue weighted by molar-refractivity contribution is 5.89. The van der Waals surface area contributed by atoms with E-state index < -0.39 is 0 Å². The van der Waals surface area contributed by atoms with Gasteiger partial charge in [-0.15, -0.1) is 0 Å². The maximum Gasteiger partial charge on any atom is 0.321 e. The van der Waals surface area contributed by atoms with E-state index in [0.29, 0.717) is 6.04 Å². The Morgan fingerprint density at radius 1 is 1.00 bits per heavy atom. The first kappa shape index (κ1) is 17.6. The minimum Gasteiger partial charge on any atom is -0.382 e. The van der Waals surface area contributed by atoms with E-state index in [1.165, 1.54) is 12.8 Å². The molecule has 2 N–H and O–H groups in total. The zero-order valence-electron chi connectivity index (χ0n) is 14.8. The predicted octanol–water partition coefficient (Wildman–Crippen LogP) is 4.59. The van der Waals surface area contributed by atoms with E-state index in [1.54, 1.807) is 0 Å². The molecule has 1 aliphatic heterocycles. The molecule has 25 heavy (non-hydrogen) atoms. The molecule has 5 heteroatoms. The molecule has 1 aromatic rings. The summed E-state index contributed by atoms with van der Waals surface area (Å²) in [6.07, 6.45) is 8.81. The Balaban J connectivity index is 1.51. The molecule has 0 radical (unpaired) electrons. The highest BCUT2D eigenvalue weighted by Gasteiger charge is 2.21. The predicted molar refractivity (Wildman–Crippen MR) is 100 cm³/mol. The number of urea groups is 1. The van der Waals surface area contributed by atoms with Crippen LogP contribution in [0.5, 0.6) is 0 Å². The summed E-state index contributed by atoms with van der Waals surface area (Å²) >= 11 is 0. The van der Waals surface area contributed by atoms with Crippen LogP contribution in [0.3, 0.4) is 0 Å². The number of anilines is 2. The molecule has 134 valence electrons. The number of likely N-dealkylation sites (tertiary alicyclic amines) is 1. The van der Waals surface area contributed by atoms with Crippen molar-refractivity contribution < 1.29 is 4.79 Å². The van der Waals surface area contributed by atoms with E-state index >= 15 is 0 Å². The molecule has 2 fully saturated rings. The first-order chi connectivity index (χ1) is 12.2. The third-order valence-electron chi connectivity index (χ3n) is 5.26. The summed E-state index contributed by atoms with van der Waals surface area (Å²) in [5.74, 6) is 0.179. The standard InChI is InChI=1S/C20H28N4O/c21-15-16-6-5-7-19(14-16)22-17-8-10-18(11-9-17)23-20(25)24-12-3-1-2-4-13-24/h8-11,16,19,22H,1-7,12-14H2,(H,23,25). The van der Waals surface area contributed by atoms with E-state index in [2.05, 4.69) is 16.7 Å². The quantitative estimate of drug-likeness (QED) is 0.845. The monoisotopic (exact) mass is 340 g/mol. The van der Waals surface area contributed by atoms with Gasteiger partial charge in [0.25, 0.3) is 0 Å². The molecule has 2 unspecified atom stereocenters. The van der Waals surface area contributed by atoms with Crippen molar-refractivity contribution in [3.63, 3.8) is 0 Å². The maximum atomic E-state index is 12.4. The zero-order valence-corrected chi connectivity index (χ0v) is 14.8. The van der Waals surface area contributed by atoms with Crippen LogP contribution in [0.4, 0.5) is 16.2 Å². The average Bonchev–Trinajstić information content (AvgIpc) is 2.93. The van der Waals surface area contributed by atoms with Crippen LogP contribution >= 0.6 is 0 Å². The molecule has 1 aromatic carbocycles. The van der Waals surface area contributed by atoms with E-state index in [1.807, 2.05) is 29.2 Å². The fourth-order valence-electron chi connectivity index (χ4n) is 3.80. The summed E-state index contributed by atoms with van der Waals surface area (Å²) in [4.78, 5) is 14.3. The SMILES string of the molecule is N#CC1CCCC(Nc2ccc(NC(=O)N3CCCCCC3)cc2)C1. The largest absolute Gasteiger partial charge is 0.382 e. The highest BCUT2D eigenvalue weighted by Crippen LogP contribution is 2.26. The zero-order chi connectivity index (χ0) is 17.5. The van der Waals surface area contributed by atoms with Crippen molar-refractivity contribution in [3.05, 3.63) is 24.3 Å². The van der Waals surface area contributed by atoms with Crippen molar-refractivity contribution >= 4 is 17.4 Å². The summed E-state index contributed by atoms with van der Waals surface area (Å²) in [6.45, 7) is 1.71. The van der Waals surface area contributed by atoms with Crippen LogP contribution in [0.15, 0.2) is 24.3 Å². The number of nitrogens with zero attached hydrogens (tertiary/aromatic N) is 2. The van der Waals surface area contributed by atoms with Crippen LogP contribution in [0, 0.1) is 17.2 Å². The van der Waals surface area contributed by atoms with Crippen molar-refractivity contribution in [1.29, 1.82) is 5.26 Å². The second kappa shape index (κ2) is 8.75. The van der Waals surface area contributed by atoms with Gasteiger partial charge in [-0.1, -0.05) is 19.3 Å². The Morgan fingerprint density at radius 3 is 2.36 bits per heavy atom. The second-order valence-electron chi connectivity index (χ2n) is 7.24. The molecule has 0 bridgehead atoms. The lowest BCUT2D eigenvalue weighted by Crippen LogP contribution is -2.35. The van der Waals surface area contributed by atoms with Crippen LogP contribution in [0.2, 0.25) is 0 Å². The van der Waals surface area contributed by atoms with Gasteiger partial charge in [0.15, 0.2) is 0 Å². The summed E-state index contributed by atoms with van der Waals surface area (Å²) in [5.41, 5.74) is 1.88. The first-order valence-electron chi connectivity index (χ1n) is 9.57. The molecule has 1 aliphatic carbocycles. The van der Waals surface area contributed by atoms with Crippen molar-refractivity contribution in [2.75, 3.05) is 23.7 Å². The molecule has 2 atom stereocenters. The van der Waals surface area contributed by atoms with Crippen molar-refractivity contribution in [3.8, 4) is 6.07 Å². The van der Waals surface area contributed by atoms with Gasteiger partial charge in [-0.2, -0.15) is 5.26 Å². The molecule has 2 aliphatic rings. The fraction of sp³-hybridized carbons (Fsp3) is 0.600. The molecule has 1 saturated carbocycles. The maximum absolute atomic E-state index is 12.4.